The van der Waals surface area contributed by atoms with Crippen molar-refractivity contribution in [2.45, 2.75) is 89.6 Å². The van der Waals surface area contributed by atoms with Gasteiger partial charge in [-0.3, -0.25) is 4.79 Å². The molecule has 148 valence electrons. The molecule has 27 heavy (non-hydrogen) atoms. The van der Waals surface area contributed by atoms with Crippen LogP contribution in [0.5, 0.6) is 0 Å². The predicted molar refractivity (Wildman–Crippen MR) is 112 cm³/mol. The lowest BCUT2D eigenvalue weighted by Crippen LogP contribution is -2.29. The van der Waals surface area contributed by atoms with E-state index in [-0.39, 0.29) is 12.1 Å². The molecule has 0 atom stereocenters. The summed E-state index contributed by atoms with van der Waals surface area (Å²) in [6, 6.07) is 9.41. The van der Waals surface area contributed by atoms with Gasteiger partial charge in [-0.2, -0.15) is 0 Å². The van der Waals surface area contributed by atoms with Crippen LogP contribution in [-0.2, 0) is 16.0 Å². The highest BCUT2D eigenvalue weighted by molar-refractivity contribution is 5.71. The molecule has 0 amide bonds. The Bertz CT molecular complexity index is 587. The van der Waals surface area contributed by atoms with Gasteiger partial charge in [-0.1, -0.05) is 43.7 Å². The Hall–Kier alpha value is -1.57. The molecule has 3 rings (SSSR count). The van der Waals surface area contributed by atoms with E-state index in [1.807, 2.05) is 0 Å². The number of hydrogen-bond donors (Lipinski definition) is 0. The lowest BCUT2D eigenvalue weighted by atomic mass is 9.69. The van der Waals surface area contributed by atoms with Gasteiger partial charge < -0.3 is 4.74 Å². The molecule has 0 aromatic heterocycles. The second-order valence-corrected chi connectivity index (χ2v) is 8.62. The fraction of sp³-hybridized carbons (Fsp3) is 0.640. The molecular formula is C25H36O2. The van der Waals surface area contributed by atoms with Gasteiger partial charge in [0.05, 0.1) is 6.42 Å². The first-order chi connectivity index (χ1) is 13.2. The quantitative estimate of drug-likeness (QED) is 0.401. The van der Waals surface area contributed by atoms with Gasteiger partial charge >= 0.3 is 5.97 Å². The predicted octanol–water partition coefficient (Wildman–Crippen LogP) is 6.59. The van der Waals surface area contributed by atoms with Crippen LogP contribution in [0.25, 0.3) is 0 Å². The minimum absolute atomic E-state index is 0.112. The van der Waals surface area contributed by atoms with Gasteiger partial charge in [-0.05, 0) is 86.7 Å². The van der Waals surface area contributed by atoms with Crippen molar-refractivity contribution in [3.63, 3.8) is 0 Å². The van der Waals surface area contributed by atoms with Gasteiger partial charge in [0.25, 0.3) is 0 Å². The lowest BCUT2D eigenvalue weighted by molar-refractivity contribution is -0.150. The summed E-state index contributed by atoms with van der Waals surface area (Å²) in [5.74, 6) is 2.37. The smallest absolute Gasteiger partial charge is 0.309 e. The molecule has 0 spiro atoms. The largest absolute Gasteiger partial charge is 0.462 e. The Morgan fingerprint density at radius 2 is 1.59 bits per heavy atom. The maximum absolute atomic E-state index is 11.6. The van der Waals surface area contributed by atoms with Crippen LogP contribution in [-0.4, -0.2) is 12.1 Å². The molecular weight excluding hydrogens is 332 g/mol. The SMILES string of the molecule is C=CCC(=O)O[C@H]1CC[C@H]([C@H]2CC[C@H](c3ccc(CCC)cc3)CC2)CC1. The van der Waals surface area contributed by atoms with Crippen molar-refractivity contribution in [1.29, 1.82) is 0 Å². The molecule has 2 saturated carbocycles. The number of carbonyl (C=O) groups is 1. The number of rotatable bonds is 7. The fourth-order valence-electron chi connectivity index (χ4n) is 5.20. The molecule has 0 aliphatic heterocycles. The zero-order valence-corrected chi connectivity index (χ0v) is 17.0. The van der Waals surface area contributed by atoms with Crippen molar-refractivity contribution in [2.75, 3.05) is 0 Å². The van der Waals surface area contributed by atoms with E-state index in [4.69, 9.17) is 4.74 Å². The van der Waals surface area contributed by atoms with E-state index in [0.717, 1.165) is 30.6 Å². The Kier molecular flexibility index (Phi) is 7.55. The van der Waals surface area contributed by atoms with Crippen molar-refractivity contribution in [3.05, 3.63) is 48.0 Å². The highest BCUT2D eigenvalue weighted by Gasteiger charge is 2.32. The maximum Gasteiger partial charge on any atom is 0.309 e. The van der Waals surface area contributed by atoms with E-state index in [9.17, 15) is 4.79 Å². The van der Waals surface area contributed by atoms with Gasteiger partial charge in [-0.25, -0.2) is 0 Å². The normalized spacial score (nSPS) is 28.5. The Morgan fingerprint density at radius 3 is 2.15 bits per heavy atom. The summed E-state index contributed by atoms with van der Waals surface area (Å²) < 4.78 is 5.56. The van der Waals surface area contributed by atoms with Crippen molar-refractivity contribution >= 4 is 5.97 Å². The van der Waals surface area contributed by atoms with E-state index < -0.39 is 0 Å². The van der Waals surface area contributed by atoms with Crippen LogP contribution in [0.1, 0.15) is 88.2 Å². The minimum atomic E-state index is -0.112. The molecule has 0 unspecified atom stereocenters. The highest BCUT2D eigenvalue weighted by atomic mass is 16.5. The molecule has 0 bridgehead atoms. The summed E-state index contributed by atoms with van der Waals surface area (Å²) in [5, 5.41) is 0. The zero-order valence-electron chi connectivity index (χ0n) is 17.0. The number of aryl methyl sites for hydroxylation is 1. The summed E-state index contributed by atoms with van der Waals surface area (Å²) in [5.41, 5.74) is 3.02. The topological polar surface area (TPSA) is 26.3 Å². The second kappa shape index (κ2) is 10.1. The summed E-state index contributed by atoms with van der Waals surface area (Å²) in [6.45, 7) is 5.85. The van der Waals surface area contributed by atoms with E-state index in [1.165, 1.54) is 56.9 Å². The van der Waals surface area contributed by atoms with Gasteiger partial charge in [0.1, 0.15) is 6.10 Å². The van der Waals surface area contributed by atoms with Crippen LogP contribution in [0.15, 0.2) is 36.9 Å². The second-order valence-electron chi connectivity index (χ2n) is 8.62. The molecule has 2 heteroatoms. The molecule has 1 aromatic rings. The molecule has 0 radical (unpaired) electrons. The average Bonchev–Trinajstić information content (AvgIpc) is 2.70. The van der Waals surface area contributed by atoms with Crippen LogP contribution in [0, 0.1) is 11.8 Å². The van der Waals surface area contributed by atoms with Crippen LogP contribution in [0.4, 0.5) is 0 Å². The molecule has 0 N–H and O–H groups in total. The number of carbonyl (C=O) groups excluding carboxylic acids is 1. The summed E-state index contributed by atoms with van der Waals surface area (Å²) in [6.07, 6.45) is 14.5. The fourth-order valence-corrected chi connectivity index (χ4v) is 5.20. The van der Waals surface area contributed by atoms with Crippen molar-refractivity contribution in [1.82, 2.24) is 0 Å². The molecule has 2 aliphatic rings. The van der Waals surface area contributed by atoms with Crippen molar-refractivity contribution < 1.29 is 9.53 Å². The molecule has 2 nitrogen and oxygen atoms in total. The number of ether oxygens (including phenoxy) is 1. The van der Waals surface area contributed by atoms with E-state index in [0.29, 0.717) is 6.42 Å². The average molecular weight is 369 g/mol. The van der Waals surface area contributed by atoms with Crippen LogP contribution in [0.2, 0.25) is 0 Å². The monoisotopic (exact) mass is 368 g/mol. The third-order valence-corrected chi connectivity index (χ3v) is 6.76. The molecule has 0 saturated heterocycles. The maximum atomic E-state index is 11.6. The van der Waals surface area contributed by atoms with E-state index >= 15 is 0 Å². The van der Waals surface area contributed by atoms with Crippen LogP contribution >= 0.6 is 0 Å². The third kappa shape index (κ3) is 5.70. The van der Waals surface area contributed by atoms with Gasteiger partial charge in [-0.15, -0.1) is 6.58 Å². The Morgan fingerprint density at radius 1 is 1.00 bits per heavy atom. The van der Waals surface area contributed by atoms with Crippen molar-refractivity contribution in [2.24, 2.45) is 11.8 Å². The number of benzene rings is 1. The van der Waals surface area contributed by atoms with Gasteiger partial charge in [0.2, 0.25) is 0 Å². The van der Waals surface area contributed by atoms with Crippen LogP contribution in [0.3, 0.4) is 0 Å². The Balaban J connectivity index is 1.42. The molecule has 0 heterocycles. The standard InChI is InChI=1S/C25H36O2/c1-3-5-19-7-9-20(10-8-19)21-11-13-22(14-12-21)23-15-17-24(18-16-23)27-25(26)6-4-2/h4,7-10,21-24H,2-3,5-6,11-18H2,1H3/t21-,22-,23-,24-. The van der Waals surface area contributed by atoms with Gasteiger partial charge in [0, 0.05) is 0 Å². The zero-order chi connectivity index (χ0) is 19.1. The van der Waals surface area contributed by atoms with Gasteiger partial charge in [0.15, 0.2) is 0 Å². The number of hydrogen-bond acceptors (Lipinski definition) is 2. The summed E-state index contributed by atoms with van der Waals surface area (Å²) >= 11 is 0. The first-order valence-corrected chi connectivity index (χ1v) is 11.1. The number of esters is 1. The third-order valence-electron chi connectivity index (χ3n) is 6.76. The Labute approximate surface area is 165 Å². The highest BCUT2D eigenvalue weighted by Crippen LogP contribution is 2.43. The van der Waals surface area contributed by atoms with E-state index in [1.54, 1.807) is 11.6 Å². The first kappa shape index (κ1) is 20.2. The van der Waals surface area contributed by atoms with Crippen LogP contribution < -0.4 is 0 Å². The minimum Gasteiger partial charge on any atom is -0.462 e. The summed E-state index contributed by atoms with van der Waals surface area (Å²) in [4.78, 5) is 11.6. The molecule has 1 aromatic carbocycles. The van der Waals surface area contributed by atoms with Crippen molar-refractivity contribution in [3.8, 4) is 0 Å². The first-order valence-electron chi connectivity index (χ1n) is 11.1. The van der Waals surface area contributed by atoms with E-state index in [2.05, 4.69) is 37.8 Å². The molecule has 2 fully saturated rings. The summed E-state index contributed by atoms with van der Waals surface area (Å²) in [7, 11) is 0. The lowest BCUT2D eigenvalue weighted by Gasteiger charge is -2.37. The molecule has 2 aliphatic carbocycles.